The number of benzene rings is 2. The molecule has 0 aliphatic rings. The van der Waals surface area contributed by atoms with Crippen LogP contribution in [0, 0.1) is 0 Å². The number of aliphatic carboxylic acids is 2. The van der Waals surface area contributed by atoms with Crippen LogP contribution in [0.5, 0.6) is 5.75 Å². The molecule has 2 aromatic rings. The fourth-order valence-corrected chi connectivity index (χ4v) is 2.84. The van der Waals surface area contributed by atoms with Crippen molar-refractivity contribution < 1.29 is 33.0 Å². The summed E-state index contributed by atoms with van der Waals surface area (Å²) in [5.74, 6) is -2.33. The first-order chi connectivity index (χ1) is 13.7. The molecule has 0 aliphatic carbocycles. The highest BCUT2D eigenvalue weighted by molar-refractivity contribution is 7.95. The van der Waals surface area contributed by atoms with Crippen LogP contribution in [0.4, 0.5) is 0 Å². The van der Waals surface area contributed by atoms with Crippen LogP contribution in [0.25, 0.3) is 6.08 Å². The maximum absolute atomic E-state index is 11.1. The quantitative estimate of drug-likeness (QED) is 0.570. The highest BCUT2D eigenvalue weighted by Crippen LogP contribution is 2.15. The van der Waals surface area contributed by atoms with Crippen molar-refractivity contribution in [2.45, 2.75) is 12.8 Å². The summed E-state index contributed by atoms with van der Waals surface area (Å²) in [7, 11) is -3.66. The number of carboxylic acids is 2. The van der Waals surface area contributed by atoms with Gasteiger partial charge >= 0.3 is 11.9 Å². The van der Waals surface area contributed by atoms with Gasteiger partial charge in [-0.3, -0.25) is 9.59 Å². The SMILES string of the molecule is O=C(O)CCCOc1ccc(Cl)cc1.O=C(O)CS(=O)(=O)C=Cc1ccccc1. The van der Waals surface area contributed by atoms with Gasteiger partial charge in [-0.1, -0.05) is 41.9 Å². The first-order valence-corrected chi connectivity index (χ1v) is 10.5. The predicted octanol–water partition coefficient (Wildman–Crippen LogP) is 3.74. The molecule has 9 heteroatoms. The molecular formula is C20H21ClO7S. The number of carboxylic acid groups (broad SMARTS) is 2. The fraction of sp³-hybridized carbons (Fsp3) is 0.200. The molecule has 0 atom stereocenters. The molecule has 0 aliphatic heterocycles. The third-order valence-corrected chi connectivity index (χ3v) is 4.66. The number of hydrogen-bond acceptors (Lipinski definition) is 5. The zero-order valence-corrected chi connectivity index (χ0v) is 17.0. The van der Waals surface area contributed by atoms with E-state index in [1.165, 1.54) is 6.08 Å². The second-order valence-corrected chi connectivity index (χ2v) is 8.04. The molecule has 0 saturated carbocycles. The number of hydrogen-bond donors (Lipinski definition) is 2. The lowest BCUT2D eigenvalue weighted by Crippen LogP contribution is -2.12. The van der Waals surface area contributed by atoms with Crippen LogP contribution < -0.4 is 4.74 Å². The molecule has 0 radical (unpaired) electrons. The van der Waals surface area contributed by atoms with Crippen molar-refractivity contribution in [2.75, 3.05) is 12.4 Å². The molecule has 0 unspecified atom stereocenters. The van der Waals surface area contributed by atoms with Gasteiger partial charge in [-0.05, 0) is 42.3 Å². The molecule has 0 heterocycles. The van der Waals surface area contributed by atoms with Gasteiger partial charge in [0.15, 0.2) is 15.6 Å². The smallest absolute Gasteiger partial charge is 0.319 e. The van der Waals surface area contributed by atoms with Crippen molar-refractivity contribution in [2.24, 2.45) is 0 Å². The molecule has 0 amide bonds. The second-order valence-electron chi connectivity index (χ2n) is 5.71. The Balaban J connectivity index is 0.000000291. The van der Waals surface area contributed by atoms with Crippen molar-refractivity contribution in [1.29, 1.82) is 0 Å². The Labute approximate surface area is 174 Å². The molecule has 2 N–H and O–H groups in total. The maximum atomic E-state index is 11.1. The monoisotopic (exact) mass is 440 g/mol. The molecule has 0 aromatic heterocycles. The molecule has 0 spiro atoms. The highest BCUT2D eigenvalue weighted by Gasteiger charge is 2.11. The van der Waals surface area contributed by atoms with Crippen LogP contribution in [0.15, 0.2) is 60.0 Å². The van der Waals surface area contributed by atoms with Crippen molar-refractivity contribution in [1.82, 2.24) is 0 Å². The van der Waals surface area contributed by atoms with Gasteiger partial charge in [-0.15, -0.1) is 0 Å². The van der Waals surface area contributed by atoms with E-state index in [2.05, 4.69) is 0 Å². The molecule has 0 fully saturated rings. The summed E-state index contributed by atoms with van der Waals surface area (Å²) < 4.78 is 27.6. The normalized spacial score (nSPS) is 10.8. The zero-order valence-electron chi connectivity index (χ0n) is 15.4. The lowest BCUT2D eigenvalue weighted by Gasteiger charge is -2.04. The van der Waals surface area contributed by atoms with E-state index in [1.54, 1.807) is 48.5 Å². The summed E-state index contributed by atoms with van der Waals surface area (Å²) in [6.07, 6.45) is 2.02. The van der Waals surface area contributed by atoms with Gasteiger partial charge in [0.1, 0.15) is 5.75 Å². The molecule has 29 heavy (non-hydrogen) atoms. The van der Waals surface area contributed by atoms with Crippen LogP contribution in [-0.2, 0) is 19.4 Å². The van der Waals surface area contributed by atoms with Gasteiger partial charge in [0, 0.05) is 16.9 Å². The lowest BCUT2D eigenvalue weighted by atomic mass is 10.2. The molecule has 156 valence electrons. The summed E-state index contributed by atoms with van der Waals surface area (Å²) in [4.78, 5) is 20.4. The van der Waals surface area contributed by atoms with Crippen molar-refractivity contribution in [3.63, 3.8) is 0 Å². The molecule has 0 saturated heterocycles. The molecule has 2 aromatic carbocycles. The van der Waals surface area contributed by atoms with Crippen molar-refractivity contribution in [3.05, 3.63) is 70.6 Å². The Hall–Kier alpha value is -2.84. The van der Waals surface area contributed by atoms with Crippen LogP contribution in [0.2, 0.25) is 5.02 Å². The van der Waals surface area contributed by atoms with E-state index in [0.29, 0.717) is 29.4 Å². The van der Waals surface area contributed by atoms with E-state index in [4.69, 9.17) is 26.6 Å². The Morgan fingerprint density at radius 3 is 2.14 bits per heavy atom. The first-order valence-electron chi connectivity index (χ1n) is 8.46. The standard InChI is InChI=1S/C10H11ClO3.C10H10O4S/c11-8-3-5-9(6-4-8)14-7-1-2-10(12)13;11-10(12)8-15(13,14)7-6-9-4-2-1-3-5-9/h3-6H,1-2,7H2,(H,12,13);1-7H,8H2,(H,11,12). The summed E-state index contributed by atoms with van der Waals surface area (Å²) in [5.41, 5.74) is 0.714. The average Bonchev–Trinajstić information content (AvgIpc) is 2.65. The van der Waals surface area contributed by atoms with E-state index < -0.39 is 27.5 Å². The van der Waals surface area contributed by atoms with Gasteiger partial charge in [0.2, 0.25) is 0 Å². The second kappa shape index (κ2) is 12.6. The van der Waals surface area contributed by atoms with Gasteiger partial charge in [-0.25, -0.2) is 8.42 Å². The Bertz CT molecular complexity index is 908. The van der Waals surface area contributed by atoms with Gasteiger partial charge < -0.3 is 14.9 Å². The van der Waals surface area contributed by atoms with Crippen LogP contribution in [-0.4, -0.2) is 42.9 Å². The topological polar surface area (TPSA) is 118 Å². The van der Waals surface area contributed by atoms with E-state index >= 15 is 0 Å². The minimum absolute atomic E-state index is 0.133. The molecular weight excluding hydrogens is 420 g/mol. The van der Waals surface area contributed by atoms with Crippen molar-refractivity contribution >= 4 is 39.5 Å². The number of ether oxygens (including phenoxy) is 1. The van der Waals surface area contributed by atoms with Gasteiger partial charge in [0.25, 0.3) is 0 Å². The van der Waals surface area contributed by atoms with E-state index in [9.17, 15) is 18.0 Å². The van der Waals surface area contributed by atoms with Crippen LogP contribution >= 0.6 is 11.6 Å². The number of carbonyl (C=O) groups is 2. The fourth-order valence-electron chi connectivity index (χ4n) is 1.91. The first kappa shape index (κ1) is 24.2. The predicted molar refractivity (Wildman–Crippen MR) is 111 cm³/mol. The third kappa shape index (κ3) is 12.3. The van der Waals surface area contributed by atoms with Crippen LogP contribution in [0.3, 0.4) is 0 Å². The molecule has 7 nitrogen and oxygen atoms in total. The number of halogens is 1. The third-order valence-electron chi connectivity index (χ3n) is 3.21. The largest absolute Gasteiger partial charge is 0.494 e. The van der Waals surface area contributed by atoms with Crippen LogP contribution in [0.1, 0.15) is 18.4 Å². The van der Waals surface area contributed by atoms with E-state index in [0.717, 1.165) is 5.41 Å². The van der Waals surface area contributed by atoms with E-state index in [1.807, 2.05) is 6.07 Å². The number of rotatable bonds is 9. The van der Waals surface area contributed by atoms with Crippen molar-refractivity contribution in [3.8, 4) is 5.75 Å². The zero-order chi connectivity index (χ0) is 21.7. The minimum atomic E-state index is -3.66. The molecule has 2 rings (SSSR count). The summed E-state index contributed by atoms with van der Waals surface area (Å²) in [5, 5.41) is 18.3. The summed E-state index contributed by atoms with van der Waals surface area (Å²) in [6.45, 7) is 0.411. The Morgan fingerprint density at radius 2 is 1.59 bits per heavy atom. The van der Waals surface area contributed by atoms with E-state index in [-0.39, 0.29) is 6.42 Å². The summed E-state index contributed by atoms with van der Waals surface area (Å²) in [6, 6.07) is 15.8. The highest BCUT2D eigenvalue weighted by atomic mass is 35.5. The Kier molecular flexibility index (Phi) is 10.5. The summed E-state index contributed by atoms with van der Waals surface area (Å²) >= 11 is 5.68. The lowest BCUT2D eigenvalue weighted by molar-refractivity contribution is -0.137. The number of sulfone groups is 1. The maximum Gasteiger partial charge on any atom is 0.319 e. The van der Waals surface area contributed by atoms with Gasteiger partial charge in [-0.2, -0.15) is 0 Å². The minimum Gasteiger partial charge on any atom is -0.494 e. The Morgan fingerprint density at radius 1 is 0.966 bits per heavy atom. The molecule has 0 bridgehead atoms. The average molecular weight is 441 g/mol. The van der Waals surface area contributed by atoms with Gasteiger partial charge in [0.05, 0.1) is 6.61 Å².